The zero-order valence-corrected chi connectivity index (χ0v) is 23.1. The van der Waals surface area contributed by atoms with E-state index in [1.54, 1.807) is 16.2 Å². The van der Waals surface area contributed by atoms with E-state index in [1.165, 1.54) is 22.6 Å². The lowest BCUT2D eigenvalue weighted by Crippen LogP contribution is -2.49. The zero-order chi connectivity index (χ0) is 27.9. The average molecular weight is 566 g/mol. The fourth-order valence-corrected chi connectivity index (χ4v) is 6.84. The van der Waals surface area contributed by atoms with Crippen LogP contribution in [-0.2, 0) is 25.6 Å². The molecular weight excluding hydrogens is 535 g/mol. The smallest absolute Gasteiger partial charge is 0.352 e. The van der Waals surface area contributed by atoms with Gasteiger partial charge in [0.15, 0.2) is 0 Å². The van der Waals surface area contributed by atoms with Gasteiger partial charge in [0.1, 0.15) is 16.5 Å². The average Bonchev–Trinajstić information content (AvgIpc) is 3.34. The predicted molar refractivity (Wildman–Crippen MR) is 151 cm³/mol. The first-order chi connectivity index (χ1) is 19.3. The summed E-state index contributed by atoms with van der Waals surface area (Å²) in [4.78, 5) is 31.8. The van der Waals surface area contributed by atoms with Crippen molar-refractivity contribution in [3.63, 3.8) is 0 Å². The van der Waals surface area contributed by atoms with E-state index in [0.717, 1.165) is 65.6 Å². The van der Waals surface area contributed by atoms with Crippen LogP contribution >= 0.6 is 11.3 Å². The van der Waals surface area contributed by atoms with Crippen LogP contribution in [0.5, 0.6) is 0 Å². The lowest BCUT2D eigenvalue weighted by molar-refractivity contribution is -0.137. The third-order valence-corrected chi connectivity index (χ3v) is 8.87. The second kappa shape index (κ2) is 10.8. The van der Waals surface area contributed by atoms with Crippen molar-refractivity contribution >= 4 is 33.3 Å². The molecule has 0 spiro atoms. The Labute approximate surface area is 235 Å². The molecule has 2 aromatic heterocycles. The van der Waals surface area contributed by atoms with Gasteiger partial charge in [-0.1, -0.05) is 43.3 Å². The van der Waals surface area contributed by atoms with E-state index in [9.17, 15) is 18.0 Å². The number of anilines is 1. The van der Waals surface area contributed by atoms with Crippen LogP contribution in [-0.4, -0.2) is 64.9 Å². The number of likely N-dealkylation sites (N-methyl/N-ethyl adjacent to an activating group) is 1. The van der Waals surface area contributed by atoms with Gasteiger partial charge in [0.25, 0.3) is 5.91 Å². The molecule has 2 aliphatic heterocycles. The molecule has 208 valence electrons. The van der Waals surface area contributed by atoms with Gasteiger partial charge in [0, 0.05) is 56.1 Å². The first-order valence-electron chi connectivity index (χ1n) is 13.6. The molecule has 6 nitrogen and oxygen atoms in total. The fraction of sp³-hybridized carbons (Fsp3) is 0.367. The normalized spacial score (nSPS) is 16.4. The van der Waals surface area contributed by atoms with Crippen molar-refractivity contribution in [1.29, 1.82) is 0 Å². The number of aromatic nitrogens is 2. The number of thiophene rings is 1. The Morgan fingerprint density at radius 1 is 0.975 bits per heavy atom. The number of halogens is 3. The minimum Gasteiger partial charge on any atom is -0.352 e. The van der Waals surface area contributed by atoms with Gasteiger partial charge >= 0.3 is 6.18 Å². The summed E-state index contributed by atoms with van der Waals surface area (Å²) in [5.74, 6) is 1.29. The van der Waals surface area contributed by atoms with Crippen molar-refractivity contribution in [2.24, 2.45) is 0 Å². The summed E-state index contributed by atoms with van der Waals surface area (Å²) < 4.78 is 39.6. The predicted octanol–water partition coefficient (Wildman–Crippen LogP) is 5.64. The lowest BCUT2D eigenvalue weighted by atomic mass is 10.0. The van der Waals surface area contributed by atoms with E-state index in [-0.39, 0.29) is 11.5 Å². The molecule has 10 heteroatoms. The van der Waals surface area contributed by atoms with Gasteiger partial charge < -0.3 is 9.80 Å². The minimum atomic E-state index is -4.49. The van der Waals surface area contributed by atoms with Crippen molar-refractivity contribution in [2.45, 2.75) is 32.5 Å². The van der Waals surface area contributed by atoms with Crippen LogP contribution in [0.4, 0.5) is 19.0 Å². The first kappa shape index (κ1) is 26.7. The molecular formula is C30H30F3N5OS. The van der Waals surface area contributed by atoms with Gasteiger partial charge in [-0.05, 0) is 42.3 Å². The molecule has 40 heavy (non-hydrogen) atoms. The maximum atomic E-state index is 13.2. The SMILES string of the molecule is CCN1CCc2c(sc3nc(Cc4ccccc4)nc(N4CCN(C(=O)c5cccc(C(F)(F)F)c5)CC4)c23)C1. The van der Waals surface area contributed by atoms with Gasteiger partial charge in [-0.25, -0.2) is 9.97 Å². The van der Waals surface area contributed by atoms with Crippen LogP contribution in [0.3, 0.4) is 0 Å². The molecule has 6 rings (SSSR count). The molecule has 0 aliphatic carbocycles. The summed E-state index contributed by atoms with van der Waals surface area (Å²) in [6.45, 7) is 7.02. The number of benzene rings is 2. The second-order valence-electron chi connectivity index (χ2n) is 10.3. The Balaban J connectivity index is 1.28. The van der Waals surface area contributed by atoms with Crippen LogP contribution in [0.1, 0.15) is 44.7 Å². The van der Waals surface area contributed by atoms with E-state index >= 15 is 0 Å². The van der Waals surface area contributed by atoms with Crippen molar-refractivity contribution in [1.82, 2.24) is 19.8 Å². The Bertz CT molecular complexity index is 1530. The quantitative estimate of drug-likeness (QED) is 0.314. The molecule has 0 N–H and O–H groups in total. The molecule has 2 aromatic carbocycles. The number of carbonyl (C=O) groups excluding carboxylic acids is 1. The first-order valence-corrected chi connectivity index (χ1v) is 14.4. The molecule has 1 amide bonds. The Kier molecular flexibility index (Phi) is 7.22. The summed E-state index contributed by atoms with van der Waals surface area (Å²) in [5, 5.41) is 1.12. The van der Waals surface area contributed by atoms with Crippen molar-refractivity contribution in [3.05, 3.63) is 87.6 Å². The molecule has 4 aromatic rings. The van der Waals surface area contributed by atoms with E-state index in [4.69, 9.17) is 9.97 Å². The van der Waals surface area contributed by atoms with Crippen molar-refractivity contribution in [3.8, 4) is 0 Å². The summed E-state index contributed by atoms with van der Waals surface area (Å²) in [5.41, 5.74) is 1.72. The Morgan fingerprint density at radius 3 is 2.48 bits per heavy atom. The standard InChI is InChI=1S/C30H30F3N5OS/c1-2-36-12-11-23-24(19-36)40-28-26(23)27(34-25(35-28)17-20-7-4-3-5-8-20)37-13-15-38(16-14-37)29(39)21-9-6-10-22(18-21)30(31,32)33/h3-10,18H,2,11-17,19H2,1H3. The molecule has 4 heterocycles. The van der Waals surface area contributed by atoms with Crippen LogP contribution in [0.25, 0.3) is 10.2 Å². The summed E-state index contributed by atoms with van der Waals surface area (Å²) in [6, 6.07) is 14.8. The monoisotopic (exact) mass is 565 g/mol. The number of rotatable bonds is 5. The third-order valence-electron chi connectivity index (χ3n) is 7.76. The molecule has 0 saturated carbocycles. The summed E-state index contributed by atoms with van der Waals surface area (Å²) >= 11 is 1.75. The molecule has 0 atom stereocenters. The van der Waals surface area contributed by atoms with Gasteiger partial charge in [0.05, 0.1) is 10.9 Å². The molecule has 1 saturated heterocycles. The number of hydrogen-bond donors (Lipinski definition) is 0. The second-order valence-corrected chi connectivity index (χ2v) is 11.4. The number of alkyl halides is 3. The number of piperazine rings is 1. The van der Waals surface area contributed by atoms with Crippen LogP contribution < -0.4 is 4.90 Å². The molecule has 0 unspecified atom stereocenters. The molecule has 1 fully saturated rings. The van der Waals surface area contributed by atoms with E-state index < -0.39 is 11.7 Å². The highest BCUT2D eigenvalue weighted by atomic mass is 32.1. The Hall–Kier alpha value is -3.50. The lowest BCUT2D eigenvalue weighted by Gasteiger charge is -2.36. The highest BCUT2D eigenvalue weighted by molar-refractivity contribution is 7.19. The van der Waals surface area contributed by atoms with Crippen LogP contribution in [0, 0.1) is 0 Å². The number of fused-ring (bicyclic) bond motifs is 3. The highest BCUT2D eigenvalue weighted by Crippen LogP contribution is 2.39. The van der Waals surface area contributed by atoms with E-state index in [1.807, 2.05) is 18.2 Å². The topological polar surface area (TPSA) is 52.6 Å². The number of hydrogen-bond acceptors (Lipinski definition) is 6. The maximum Gasteiger partial charge on any atom is 0.416 e. The van der Waals surface area contributed by atoms with Crippen molar-refractivity contribution in [2.75, 3.05) is 44.2 Å². The van der Waals surface area contributed by atoms with Crippen LogP contribution in [0.2, 0.25) is 0 Å². The van der Waals surface area contributed by atoms with Gasteiger partial charge in [0.2, 0.25) is 0 Å². The highest BCUT2D eigenvalue weighted by Gasteiger charge is 2.32. The minimum absolute atomic E-state index is 0.0604. The van der Waals surface area contributed by atoms with E-state index in [0.29, 0.717) is 32.6 Å². The Morgan fingerprint density at radius 2 is 1.75 bits per heavy atom. The molecule has 0 bridgehead atoms. The zero-order valence-electron chi connectivity index (χ0n) is 22.2. The summed E-state index contributed by atoms with van der Waals surface area (Å²) in [6.07, 6.45) is -2.91. The maximum absolute atomic E-state index is 13.2. The van der Waals surface area contributed by atoms with E-state index in [2.05, 4.69) is 28.9 Å². The largest absolute Gasteiger partial charge is 0.416 e. The van der Waals surface area contributed by atoms with Gasteiger partial charge in [-0.3, -0.25) is 9.69 Å². The van der Waals surface area contributed by atoms with Crippen LogP contribution in [0.15, 0.2) is 54.6 Å². The number of carbonyl (C=O) groups is 1. The molecule has 0 radical (unpaired) electrons. The molecule has 2 aliphatic rings. The van der Waals surface area contributed by atoms with Crippen molar-refractivity contribution < 1.29 is 18.0 Å². The van der Waals surface area contributed by atoms with Gasteiger partial charge in [-0.2, -0.15) is 13.2 Å². The van der Waals surface area contributed by atoms with Gasteiger partial charge in [-0.15, -0.1) is 11.3 Å². The third kappa shape index (κ3) is 5.30. The summed E-state index contributed by atoms with van der Waals surface area (Å²) in [7, 11) is 0. The fourth-order valence-electron chi connectivity index (χ4n) is 5.56. The number of amides is 1. The number of nitrogens with zero attached hydrogens (tertiary/aromatic N) is 5.